The fraction of sp³-hybridized carbons (Fsp3) is 0.889. The van der Waals surface area contributed by atoms with E-state index in [9.17, 15) is 21.6 Å². The highest BCUT2D eigenvalue weighted by Gasteiger charge is 2.35. The first-order valence-electron chi connectivity index (χ1n) is 5.88. The highest BCUT2D eigenvalue weighted by molar-refractivity contribution is 7.88. The van der Waals surface area contributed by atoms with E-state index in [4.69, 9.17) is 5.73 Å². The van der Waals surface area contributed by atoms with Crippen molar-refractivity contribution in [1.29, 1.82) is 0 Å². The molecule has 1 aliphatic rings. The molecule has 0 radical (unpaired) electrons. The lowest BCUT2D eigenvalue weighted by molar-refractivity contribution is -0.122. The summed E-state index contributed by atoms with van der Waals surface area (Å²) in [6.45, 7) is -0.247. The molecule has 1 heterocycles. The lowest BCUT2D eigenvalue weighted by Crippen LogP contribution is -2.45. The Kier molecular flexibility index (Phi) is 5.13. The first kappa shape index (κ1) is 17.3. The minimum atomic E-state index is -3.72. The lowest BCUT2D eigenvalue weighted by Gasteiger charge is -2.25. The molecule has 20 heavy (non-hydrogen) atoms. The maximum absolute atomic E-state index is 12.1. The normalized spacial score (nSPS) is 23.7. The Balaban J connectivity index is 3.09. The van der Waals surface area contributed by atoms with Gasteiger partial charge in [0, 0.05) is 40.3 Å². The molecule has 1 atom stereocenters. The zero-order chi connectivity index (χ0) is 15.7. The smallest absolute Gasteiger partial charge is 0.281 e. The lowest BCUT2D eigenvalue weighted by atomic mass is 10.1. The van der Waals surface area contributed by atoms with E-state index in [0.717, 1.165) is 19.2 Å². The first-order chi connectivity index (χ1) is 8.96. The fourth-order valence-corrected chi connectivity index (χ4v) is 3.88. The fourth-order valence-electron chi connectivity index (χ4n) is 1.88. The largest absolute Gasteiger partial charge is 0.369 e. The maximum atomic E-state index is 12.1. The van der Waals surface area contributed by atoms with Gasteiger partial charge in [-0.3, -0.25) is 4.79 Å². The summed E-state index contributed by atoms with van der Waals surface area (Å²) < 4.78 is 50.5. The highest BCUT2D eigenvalue weighted by atomic mass is 32.2. The van der Waals surface area contributed by atoms with E-state index in [1.807, 2.05) is 0 Å². The van der Waals surface area contributed by atoms with E-state index in [1.165, 1.54) is 14.1 Å². The van der Waals surface area contributed by atoms with Crippen molar-refractivity contribution in [2.75, 3.05) is 46.5 Å². The molecule has 2 N–H and O–H groups in total. The zero-order valence-electron chi connectivity index (χ0n) is 11.7. The average molecular weight is 328 g/mol. The van der Waals surface area contributed by atoms with Gasteiger partial charge >= 0.3 is 0 Å². The number of hydrogen-bond acceptors (Lipinski definition) is 5. The Morgan fingerprint density at radius 2 is 1.55 bits per heavy atom. The summed E-state index contributed by atoms with van der Waals surface area (Å²) in [4.78, 5) is 11.4. The number of hydrogen-bond donors (Lipinski definition) is 1. The Morgan fingerprint density at radius 1 is 1.10 bits per heavy atom. The summed E-state index contributed by atoms with van der Waals surface area (Å²) in [5, 5.41) is 0. The van der Waals surface area contributed by atoms with E-state index >= 15 is 0 Å². The second-order valence-electron chi connectivity index (χ2n) is 4.87. The van der Waals surface area contributed by atoms with Crippen molar-refractivity contribution in [3.8, 4) is 0 Å². The molecule has 1 fully saturated rings. The van der Waals surface area contributed by atoms with Gasteiger partial charge in [0.2, 0.25) is 15.9 Å². The Bertz CT molecular complexity index is 571. The van der Waals surface area contributed by atoms with Crippen molar-refractivity contribution in [2.24, 2.45) is 11.7 Å². The minimum absolute atomic E-state index is 0.00428. The minimum Gasteiger partial charge on any atom is -0.369 e. The molecule has 1 saturated heterocycles. The van der Waals surface area contributed by atoms with Crippen LogP contribution in [0.2, 0.25) is 0 Å². The molecule has 0 aromatic rings. The second-order valence-corrected chi connectivity index (χ2v) is 8.99. The highest BCUT2D eigenvalue weighted by Crippen LogP contribution is 2.16. The van der Waals surface area contributed by atoms with Crippen LogP contribution in [0.1, 0.15) is 0 Å². The quantitative estimate of drug-likeness (QED) is 0.610. The number of nitrogens with zero attached hydrogens (tertiary/aromatic N) is 3. The molecular formula is C9H20N4O5S2. The third-order valence-corrected chi connectivity index (χ3v) is 6.28. The number of primary amides is 1. The second kappa shape index (κ2) is 5.93. The number of carbonyl (C=O) groups is 1. The Morgan fingerprint density at radius 3 is 1.95 bits per heavy atom. The van der Waals surface area contributed by atoms with Gasteiger partial charge in [0.15, 0.2) is 0 Å². The van der Waals surface area contributed by atoms with Crippen molar-refractivity contribution >= 4 is 26.1 Å². The first-order valence-corrected chi connectivity index (χ1v) is 9.13. The topological polar surface area (TPSA) is 121 Å². The molecule has 0 bridgehead atoms. The van der Waals surface area contributed by atoms with Gasteiger partial charge in [-0.05, 0) is 0 Å². The SMILES string of the molecule is CN(C)S(=O)(=O)N1CCN(S(C)(=O)=O)C[C@@H](C(N)=O)C1. The summed E-state index contributed by atoms with van der Waals surface area (Å²) in [5.41, 5.74) is 5.23. The van der Waals surface area contributed by atoms with Crippen LogP contribution in [0.15, 0.2) is 0 Å². The molecule has 0 aromatic heterocycles. The summed E-state index contributed by atoms with van der Waals surface area (Å²) in [5.74, 6) is -1.60. The zero-order valence-corrected chi connectivity index (χ0v) is 13.3. The Labute approximate surface area is 119 Å². The van der Waals surface area contributed by atoms with Crippen LogP contribution in [0.5, 0.6) is 0 Å². The van der Waals surface area contributed by atoms with Gasteiger partial charge in [0.05, 0.1) is 12.2 Å². The molecule has 1 aliphatic heterocycles. The molecule has 0 saturated carbocycles. The number of carbonyl (C=O) groups excluding carboxylic acids is 1. The molecule has 9 nitrogen and oxygen atoms in total. The van der Waals surface area contributed by atoms with E-state index in [-0.39, 0.29) is 26.2 Å². The van der Waals surface area contributed by atoms with Crippen molar-refractivity contribution in [1.82, 2.24) is 12.9 Å². The van der Waals surface area contributed by atoms with Crippen LogP contribution in [-0.4, -0.2) is 82.2 Å². The van der Waals surface area contributed by atoms with Gasteiger partial charge in [-0.2, -0.15) is 21.3 Å². The van der Waals surface area contributed by atoms with E-state index in [2.05, 4.69) is 0 Å². The summed E-state index contributed by atoms with van der Waals surface area (Å²) in [6, 6.07) is 0. The van der Waals surface area contributed by atoms with E-state index in [1.54, 1.807) is 0 Å². The molecule has 1 rings (SSSR count). The summed E-state index contributed by atoms with van der Waals surface area (Å²) >= 11 is 0. The molecular weight excluding hydrogens is 308 g/mol. The third kappa shape index (κ3) is 3.88. The molecule has 0 aliphatic carbocycles. The van der Waals surface area contributed by atoms with Crippen LogP contribution in [0.4, 0.5) is 0 Å². The van der Waals surface area contributed by atoms with Crippen LogP contribution < -0.4 is 5.73 Å². The third-order valence-electron chi connectivity index (χ3n) is 3.11. The summed E-state index contributed by atoms with van der Waals surface area (Å²) in [7, 11) is -4.50. The number of amides is 1. The number of sulfonamides is 1. The van der Waals surface area contributed by atoms with Crippen LogP contribution in [0.25, 0.3) is 0 Å². The van der Waals surface area contributed by atoms with Gasteiger partial charge in [0.25, 0.3) is 10.2 Å². The van der Waals surface area contributed by atoms with Gasteiger partial charge in [-0.1, -0.05) is 0 Å². The van der Waals surface area contributed by atoms with Gasteiger partial charge < -0.3 is 5.73 Å². The van der Waals surface area contributed by atoms with Crippen LogP contribution in [0.3, 0.4) is 0 Å². The number of nitrogens with two attached hydrogens (primary N) is 1. The molecule has 0 spiro atoms. The van der Waals surface area contributed by atoms with Gasteiger partial charge in [-0.25, -0.2) is 8.42 Å². The van der Waals surface area contributed by atoms with Crippen LogP contribution in [0, 0.1) is 5.92 Å². The Hall–Kier alpha value is -0.750. The average Bonchev–Trinajstić information content (AvgIpc) is 2.50. The molecule has 118 valence electrons. The van der Waals surface area contributed by atoms with Crippen molar-refractivity contribution in [3.05, 3.63) is 0 Å². The standard InChI is InChI=1S/C9H20N4O5S2/c1-11(2)20(17,18)13-5-4-12(19(3,15)16)6-8(7-13)9(10)14/h8H,4-7H2,1-3H3,(H2,10,14)/t8-/m1/s1. The predicted molar refractivity (Wildman–Crippen MR) is 73.3 cm³/mol. The van der Waals surface area contributed by atoms with Crippen molar-refractivity contribution < 1.29 is 21.6 Å². The summed E-state index contributed by atoms with van der Waals surface area (Å²) in [6.07, 6.45) is 1.02. The van der Waals surface area contributed by atoms with Crippen LogP contribution in [-0.2, 0) is 25.0 Å². The maximum Gasteiger partial charge on any atom is 0.281 e. The monoisotopic (exact) mass is 328 g/mol. The predicted octanol–water partition coefficient (Wildman–Crippen LogP) is -2.53. The number of rotatable bonds is 4. The van der Waals surface area contributed by atoms with Crippen molar-refractivity contribution in [3.63, 3.8) is 0 Å². The van der Waals surface area contributed by atoms with E-state index < -0.39 is 32.1 Å². The molecule has 11 heteroatoms. The van der Waals surface area contributed by atoms with Gasteiger partial charge in [0.1, 0.15) is 0 Å². The molecule has 0 unspecified atom stereocenters. The van der Waals surface area contributed by atoms with Crippen molar-refractivity contribution in [2.45, 2.75) is 0 Å². The van der Waals surface area contributed by atoms with Crippen LogP contribution >= 0.6 is 0 Å². The molecule has 0 aromatic carbocycles. The van der Waals surface area contributed by atoms with E-state index in [0.29, 0.717) is 0 Å². The molecule has 1 amide bonds. The van der Waals surface area contributed by atoms with Gasteiger partial charge in [-0.15, -0.1) is 0 Å².